The van der Waals surface area contributed by atoms with Gasteiger partial charge in [0.25, 0.3) is 0 Å². The van der Waals surface area contributed by atoms with Crippen LogP contribution < -0.4 is 9.13 Å². The summed E-state index contributed by atoms with van der Waals surface area (Å²) >= 11 is 1.67. The van der Waals surface area contributed by atoms with Gasteiger partial charge in [-0.3, -0.25) is 4.79 Å². The number of carbonyl (C=O) groups is 2. The van der Waals surface area contributed by atoms with Gasteiger partial charge in [0.15, 0.2) is 18.1 Å². The van der Waals surface area contributed by atoms with Gasteiger partial charge in [-0.15, -0.1) is 0 Å². The number of nitrogens with zero attached hydrogens (tertiary/aromatic N) is 2. The number of pyridine rings is 2. The first-order chi connectivity index (χ1) is 22.7. The van der Waals surface area contributed by atoms with Gasteiger partial charge in [-0.1, -0.05) is 26.1 Å². The molecule has 4 radical (unpaired) electrons. The van der Waals surface area contributed by atoms with Crippen LogP contribution in [0, 0.1) is 9.76 Å². The standard InChI is InChI=1S/C18H29NO5S.C10H13NO3S.C5H8O2.Al.B.HN/c1-6-18(4,14-17(2,3)16(20)24-5)15-10-7-8-11-19(15)12-9-13-25(21,22)23;1-2-10-6-3-4-7-11(10)8-5-9-15(12,13)14;1-4(2)5(6)7-3;;;/h7-8,10-11H,6,9,12-14H2,1-5H3;2-4,6-7H,1,5,8-9H2;1H2,2-3H3;;;1H. The van der Waals surface area contributed by atoms with Crippen LogP contribution in [0.3, 0.4) is 0 Å². The van der Waals surface area contributed by atoms with Crippen molar-refractivity contribution in [3.05, 3.63) is 78.9 Å². The molecule has 0 saturated carbocycles. The average Bonchev–Trinajstić information content (AvgIpc) is 3.04. The van der Waals surface area contributed by atoms with E-state index >= 15 is 0 Å². The molecule has 0 aromatic carbocycles. The molecule has 276 valence electrons. The van der Waals surface area contributed by atoms with Gasteiger partial charge in [0.2, 0.25) is 5.69 Å². The predicted octanol–water partition coefficient (Wildman–Crippen LogP) is 2.99. The molecular weight excluding hydrogens is 700 g/mol. The zero-order valence-electron chi connectivity index (χ0n) is 30.2. The molecule has 13 nitrogen and oxygen atoms in total. The molecule has 1 N–H and O–H groups in total. The van der Waals surface area contributed by atoms with Crippen LogP contribution in [0.4, 0.5) is 0 Å². The maximum absolute atomic E-state index is 12.1. The molecule has 0 saturated heterocycles. The van der Waals surface area contributed by atoms with Crippen molar-refractivity contribution >= 4 is 62.8 Å². The van der Waals surface area contributed by atoms with Crippen molar-refractivity contribution in [1.82, 2.24) is 0 Å². The molecule has 50 heavy (non-hydrogen) atoms. The number of carbonyl (C=O) groups excluding carboxylic acids is 2. The molecule has 1 atom stereocenters. The van der Waals surface area contributed by atoms with Gasteiger partial charge in [-0.25, -0.2) is 26.2 Å². The summed E-state index contributed by atoms with van der Waals surface area (Å²) in [7, 11) is -5.60. The molecule has 2 aromatic heterocycles. The summed E-state index contributed by atoms with van der Waals surface area (Å²) in [4.78, 5) is 22.3. The molecule has 0 aliphatic carbocycles. The molecule has 1 unspecified atom stereocenters. The van der Waals surface area contributed by atoms with Crippen LogP contribution in [-0.4, -0.2) is 88.1 Å². The van der Waals surface area contributed by atoms with Crippen LogP contribution in [0.2, 0.25) is 0 Å². The molecule has 0 aliphatic heterocycles. The molecule has 17 heteroatoms. The first-order valence-corrected chi connectivity index (χ1v) is 19.0. The van der Waals surface area contributed by atoms with Gasteiger partial charge < -0.3 is 18.6 Å². The van der Waals surface area contributed by atoms with Crippen molar-refractivity contribution in [2.75, 3.05) is 25.7 Å². The van der Waals surface area contributed by atoms with E-state index in [1.54, 1.807) is 29.1 Å². The van der Waals surface area contributed by atoms with Crippen LogP contribution in [0.15, 0.2) is 67.5 Å². The normalized spacial score (nSPS) is 11.9. The van der Waals surface area contributed by atoms with Crippen molar-refractivity contribution in [2.24, 2.45) is 5.41 Å². The van der Waals surface area contributed by atoms with E-state index in [2.05, 4.69) is 31.7 Å². The Hall–Kier alpha value is -3.06. The van der Waals surface area contributed by atoms with Gasteiger partial charge in [0.1, 0.15) is 13.1 Å². The quantitative estimate of drug-likeness (QED) is 0.0928. The molecule has 0 bridgehead atoms. The second-order valence-corrected chi connectivity index (χ2v) is 14.8. The van der Waals surface area contributed by atoms with E-state index in [-0.39, 0.29) is 43.7 Å². The average molecular weight is 752 g/mol. The van der Waals surface area contributed by atoms with Gasteiger partial charge in [0.05, 0.1) is 45.3 Å². The third kappa shape index (κ3) is 21.2. The van der Waals surface area contributed by atoms with Gasteiger partial charge >= 0.3 is 32.4 Å². The van der Waals surface area contributed by atoms with Gasteiger partial charge in [-0.05, 0) is 46.6 Å². The third-order valence-electron chi connectivity index (χ3n) is 7.21. The maximum atomic E-state index is 12.1. The van der Waals surface area contributed by atoms with Gasteiger partial charge in [-0.2, -0.15) is 4.57 Å². The van der Waals surface area contributed by atoms with Crippen molar-refractivity contribution in [3.8, 4) is 0 Å². The number of methoxy groups -OCH3 is 2. The number of esters is 2. The minimum absolute atomic E-state index is 0. The Kier molecular flexibility index (Phi) is 25.6. The Bertz CT molecular complexity index is 1590. The number of ether oxygens (including phenoxy) is 2. The molecule has 0 aliphatic rings. The molecule has 0 spiro atoms. The number of aryl methyl sites for hydroxylation is 2. The van der Waals surface area contributed by atoms with E-state index in [0.29, 0.717) is 31.5 Å². The van der Waals surface area contributed by atoms with Crippen molar-refractivity contribution < 1.29 is 54.1 Å². The fourth-order valence-electron chi connectivity index (χ4n) is 4.82. The van der Waals surface area contributed by atoms with Crippen LogP contribution in [0.1, 0.15) is 71.7 Å². The molecule has 2 rings (SSSR count). The Morgan fingerprint density at radius 3 is 1.74 bits per heavy atom. The molecular formula is C33H51AlBN3O10S2. The summed E-state index contributed by atoms with van der Waals surface area (Å²) < 4.78 is 82.4. The van der Waals surface area contributed by atoms with E-state index in [1.165, 1.54) is 14.2 Å². The first-order valence-electron chi connectivity index (χ1n) is 15.2. The molecule has 2 heterocycles. The Morgan fingerprint density at radius 1 is 0.900 bits per heavy atom. The topological polar surface area (TPSA) is 199 Å². The van der Waals surface area contributed by atoms with Crippen LogP contribution >= 0.6 is 0 Å². The second kappa shape index (κ2) is 25.0. The summed E-state index contributed by atoms with van der Waals surface area (Å²) in [5.41, 5.74) is 1.40. The predicted molar refractivity (Wildman–Crippen MR) is 191 cm³/mol. The summed E-state index contributed by atoms with van der Waals surface area (Å²) in [5, 5.41) is 0. The molecule has 0 amide bonds. The third-order valence-corrected chi connectivity index (χ3v) is 8.79. The summed E-state index contributed by atoms with van der Waals surface area (Å²) in [6, 6.07) is 11.4. The van der Waals surface area contributed by atoms with E-state index in [4.69, 9.17) is 9.08 Å². The number of rotatable bonds is 15. The zero-order valence-corrected chi connectivity index (χ0v) is 33.0. The van der Waals surface area contributed by atoms with Crippen LogP contribution in [0.25, 0.3) is 6.08 Å². The monoisotopic (exact) mass is 751 g/mol. The van der Waals surface area contributed by atoms with E-state index < -0.39 is 25.7 Å². The summed E-state index contributed by atoms with van der Waals surface area (Å²) in [5.74, 6) is -1.32. The molecule has 0 fully saturated rings. The Labute approximate surface area is 308 Å². The number of nitrogens with one attached hydrogen (secondary N) is 1. The summed E-state index contributed by atoms with van der Waals surface area (Å²) in [6.07, 6.45) is 7.37. The fourth-order valence-corrected chi connectivity index (χ4v) is 5.78. The van der Waals surface area contributed by atoms with E-state index in [9.17, 15) is 35.5 Å². The van der Waals surface area contributed by atoms with Crippen molar-refractivity contribution in [2.45, 2.75) is 78.8 Å². The van der Waals surface area contributed by atoms with Crippen molar-refractivity contribution in [1.29, 1.82) is 4.35 Å². The fraction of sp³-hybridized carbons (Fsp3) is 0.515. The zero-order chi connectivity index (χ0) is 38.5. The van der Waals surface area contributed by atoms with E-state index in [0.717, 1.165) is 17.8 Å². The second-order valence-electron chi connectivity index (χ2n) is 11.8. The first kappa shape index (κ1) is 51.3. The summed E-state index contributed by atoms with van der Waals surface area (Å²) in [6.45, 7) is 17.4. The Balaban J connectivity index is -0.000000747. The van der Waals surface area contributed by atoms with Gasteiger partial charge in [0, 0.05) is 68.7 Å². The van der Waals surface area contributed by atoms with Crippen LogP contribution in [0.5, 0.6) is 0 Å². The number of aromatic nitrogens is 2. The van der Waals surface area contributed by atoms with Crippen LogP contribution in [-0.2, 0) is 57.8 Å². The number of hydrogen-bond acceptors (Lipinski definition) is 11. The number of hydrogen-bond donors (Lipinski definition) is 1. The SMILES string of the molecule is C=C(C)C(=O)OC.C=Cc1cccc[n+]1CCCS(=O)(=O)[O-].CCC(C)(CC(C)(C)C(=O)OC)c1cccc[n+]1CCCS(=O)(=O)[O-].[B].[NH]=[Al]. The minimum atomic E-state index is -4.22. The molecule has 2 aromatic rings. The Morgan fingerprint density at radius 2 is 1.36 bits per heavy atom. The van der Waals surface area contributed by atoms with E-state index in [1.807, 2.05) is 71.8 Å². The van der Waals surface area contributed by atoms with Crippen molar-refractivity contribution in [3.63, 3.8) is 0 Å².